The third-order valence-electron chi connectivity index (χ3n) is 3.17. The van der Waals surface area contributed by atoms with Gasteiger partial charge in [0.25, 0.3) is 0 Å². The van der Waals surface area contributed by atoms with Crippen molar-refractivity contribution in [3.8, 4) is 0 Å². The molecule has 0 bridgehead atoms. The Morgan fingerprint density at radius 1 is 1.19 bits per heavy atom. The molecule has 21 heavy (non-hydrogen) atoms. The predicted molar refractivity (Wildman–Crippen MR) is 70.6 cm³/mol. The van der Waals surface area contributed by atoms with Crippen molar-refractivity contribution in [2.45, 2.75) is 30.7 Å². The van der Waals surface area contributed by atoms with E-state index in [9.17, 15) is 20.1 Å². The van der Waals surface area contributed by atoms with Crippen molar-refractivity contribution >= 4 is 17.6 Å². The molecule has 1 saturated heterocycles. The van der Waals surface area contributed by atoms with Crippen LogP contribution in [0.3, 0.4) is 0 Å². The van der Waals surface area contributed by atoms with Crippen molar-refractivity contribution in [3.05, 3.63) is 34.9 Å². The smallest absolute Gasteiger partial charge is 0.338 e. The maximum absolute atomic E-state index is 11.9. The van der Waals surface area contributed by atoms with E-state index in [1.54, 1.807) is 0 Å². The molecule has 0 amide bonds. The number of benzene rings is 1. The second kappa shape index (κ2) is 6.69. The summed E-state index contributed by atoms with van der Waals surface area (Å²) in [7, 11) is 0. The van der Waals surface area contributed by atoms with E-state index in [0.717, 1.165) is 0 Å². The molecule has 1 aliphatic rings. The van der Waals surface area contributed by atoms with E-state index in [1.807, 2.05) is 0 Å². The molecule has 1 aliphatic heterocycles. The molecule has 0 aliphatic carbocycles. The van der Waals surface area contributed by atoms with Crippen molar-refractivity contribution in [2.75, 3.05) is 6.61 Å². The second-order valence-electron chi connectivity index (χ2n) is 4.61. The van der Waals surface area contributed by atoms with Gasteiger partial charge in [-0.3, -0.25) is 0 Å². The molecule has 0 saturated carbocycles. The van der Waals surface area contributed by atoms with Gasteiger partial charge in [-0.1, -0.05) is 11.6 Å². The van der Waals surface area contributed by atoms with E-state index in [0.29, 0.717) is 5.02 Å². The van der Waals surface area contributed by atoms with Crippen LogP contribution in [-0.4, -0.2) is 63.7 Å². The zero-order chi connectivity index (χ0) is 15.6. The third-order valence-corrected chi connectivity index (χ3v) is 3.42. The van der Waals surface area contributed by atoms with Crippen molar-refractivity contribution in [2.24, 2.45) is 0 Å². The Labute approximate surface area is 125 Å². The molecule has 0 aromatic heterocycles. The summed E-state index contributed by atoms with van der Waals surface area (Å²) in [5, 5.41) is 38.6. The number of esters is 1. The number of aliphatic hydroxyl groups is 4. The highest BCUT2D eigenvalue weighted by molar-refractivity contribution is 6.30. The van der Waals surface area contributed by atoms with E-state index in [4.69, 9.17) is 26.2 Å². The lowest BCUT2D eigenvalue weighted by molar-refractivity contribution is -0.285. The van der Waals surface area contributed by atoms with Gasteiger partial charge in [-0.15, -0.1) is 0 Å². The third kappa shape index (κ3) is 3.52. The maximum Gasteiger partial charge on any atom is 0.338 e. The fraction of sp³-hybridized carbons (Fsp3) is 0.462. The molecule has 0 spiro atoms. The molecule has 8 heteroatoms. The first kappa shape index (κ1) is 16.2. The van der Waals surface area contributed by atoms with E-state index in [2.05, 4.69) is 0 Å². The highest BCUT2D eigenvalue weighted by Crippen LogP contribution is 2.23. The molecule has 2 rings (SSSR count). The number of halogens is 1. The Morgan fingerprint density at radius 2 is 1.81 bits per heavy atom. The summed E-state index contributed by atoms with van der Waals surface area (Å²) < 4.78 is 9.84. The Bertz CT molecular complexity index is 492. The molecule has 1 unspecified atom stereocenters. The van der Waals surface area contributed by atoms with Gasteiger partial charge in [-0.05, 0) is 24.3 Å². The molecule has 5 atom stereocenters. The Morgan fingerprint density at radius 3 is 2.38 bits per heavy atom. The van der Waals surface area contributed by atoms with Crippen LogP contribution in [0.5, 0.6) is 0 Å². The van der Waals surface area contributed by atoms with Gasteiger partial charge >= 0.3 is 5.97 Å². The van der Waals surface area contributed by atoms with E-state index in [-0.39, 0.29) is 5.56 Å². The number of rotatable bonds is 3. The normalized spacial score (nSPS) is 32.7. The van der Waals surface area contributed by atoms with E-state index >= 15 is 0 Å². The van der Waals surface area contributed by atoms with Crippen LogP contribution in [-0.2, 0) is 9.47 Å². The van der Waals surface area contributed by atoms with Gasteiger partial charge in [0.2, 0.25) is 0 Å². The molecule has 1 fully saturated rings. The first-order chi connectivity index (χ1) is 9.93. The minimum absolute atomic E-state index is 0.164. The van der Waals surface area contributed by atoms with Crippen molar-refractivity contribution in [1.29, 1.82) is 0 Å². The fourth-order valence-corrected chi connectivity index (χ4v) is 2.10. The van der Waals surface area contributed by atoms with Crippen LogP contribution >= 0.6 is 11.6 Å². The summed E-state index contributed by atoms with van der Waals surface area (Å²) in [4.78, 5) is 11.9. The number of aliphatic hydroxyl groups excluding tert-OH is 4. The molecule has 1 aromatic carbocycles. The van der Waals surface area contributed by atoms with E-state index < -0.39 is 43.3 Å². The lowest BCUT2D eigenvalue weighted by atomic mass is 9.99. The van der Waals surface area contributed by atoms with Gasteiger partial charge in [-0.25, -0.2) is 4.79 Å². The number of carbonyl (C=O) groups is 1. The zero-order valence-electron chi connectivity index (χ0n) is 10.8. The van der Waals surface area contributed by atoms with Crippen LogP contribution in [0, 0.1) is 0 Å². The van der Waals surface area contributed by atoms with Crippen LogP contribution in [0.25, 0.3) is 0 Å². The largest absolute Gasteiger partial charge is 0.450 e. The summed E-state index contributed by atoms with van der Waals surface area (Å²) in [6.07, 6.45) is -7.34. The van der Waals surface area contributed by atoms with Crippen LogP contribution < -0.4 is 0 Å². The maximum atomic E-state index is 11.9. The van der Waals surface area contributed by atoms with Gasteiger partial charge in [0.05, 0.1) is 12.2 Å². The van der Waals surface area contributed by atoms with Gasteiger partial charge < -0.3 is 29.9 Å². The van der Waals surface area contributed by atoms with Gasteiger partial charge in [0.1, 0.15) is 18.3 Å². The Hall–Kier alpha value is -1.22. The number of hydrogen-bond acceptors (Lipinski definition) is 7. The van der Waals surface area contributed by atoms with Crippen molar-refractivity contribution < 1.29 is 34.7 Å². The van der Waals surface area contributed by atoms with Crippen molar-refractivity contribution in [3.63, 3.8) is 0 Å². The zero-order valence-corrected chi connectivity index (χ0v) is 11.6. The van der Waals surface area contributed by atoms with Crippen LogP contribution in [0.2, 0.25) is 5.02 Å². The molecule has 1 aromatic rings. The summed E-state index contributed by atoms with van der Waals surface area (Å²) in [6, 6.07) is 5.80. The monoisotopic (exact) mass is 318 g/mol. The van der Waals surface area contributed by atoms with E-state index in [1.165, 1.54) is 24.3 Å². The molecule has 4 N–H and O–H groups in total. The number of hydrogen-bond donors (Lipinski definition) is 4. The average Bonchev–Trinajstić information content (AvgIpc) is 2.47. The second-order valence-corrected chi connectivity index (χ2v) is 5.04. The SMILES string of the molecule is O=C(O[C@H]1C(O)O[C@H](CO)[C@H](O)[C@@H]1O)c1ccc(Cl)cc1. The number of carbonyl (C=O) groups excluding carboxylic acids is 1. The quantitative estimate of drug-likeness (QED) is 0.544. The summed E-state index contributed by atoms with van der Waals surface area (Å²) in [5.74, 6) is -0.812. The lowest BCUT2D eigenvalue weighted by Gasteiger charge is -2.39. The topological polar surface area (TPSA) is 116 Å². The van der Waals surface area contributed by atoms with Crippen LogP contribution in [0.15, 0.2) is 24.3 Å². The minimum atomic E-state index is -1.66. The van der Waals surface area contributed by atoms with Crippen molar-refractivity contribution in [1.82, 2.24) is 0 Å². The molecular formula is C13H15ClO7. The first-order valence-electron chi connectivity index (χ1n) is 6.21. The average molecular weight is 319 g/mol. The molecule has 7 nitrogen and oxygen atoms in total. The van der Waals surface area contributed by atoms with Crippen LogP contribution in [0.4, 0.5) is 0 Å². The van der Waals surface area contributed by atoms with Gasteiger partial charge in [0.15, 0.2) is 12.4 Å². The van der Waals surface area contributed by atoms with Gasteiger partial charge in [-0.2, -0.15) is 0 Å². The van der Waals surface area contributed by atoms with Crippen LogP contribution in [0.1, 0.15) is 10.4 Å². The molecular weight excluding hydrogens is 304 g/mol. The summed E-state index contributed by atoms with van der Waals surface area (Å²) in [5.41, 5.74) is 0.164. The molecule has 1 heterocycles. The standard InChI is InChI=1S/C13H15ClO7/c14-7-3-1-6(2-4-7)12(18)21-11-10(17)9(16)8(5-15)20-13(11)19/h1-4,8-11,13,15-17,19H,5H2/t8-,9+,10+,11-,13?/m1/s1. The Kier molecular flexibility index (Phi) is 5.15. The number of ether oxygens (including phenoxy) is 2. The highest BCUT2D eigenvalue weighted by Gasteiger charge is 2.45. The lowest BCUT2D eigenvalue weighted by Crippen LogP contribution is -2.59. The first-order valence-corrected chi connectivity index (χ1v) is 6.59. The fourth-order valence-electron chi connectivity index (χ4n) is 1.98. The molecule has 116 valence electrons. The molecule has 0 radical (unpaired) electrons. The predicted octanol–water partition coefficient (Wildman–Crippen LogP) is -0.703. The highest BCUT2D eigenvalue weighted by atomic mass is 35.5. The minimum Gasteiger partial charge on any atom is -0.450 e. The summed E-state index contributed by atoms with van der Waals surface area (Å²) in [6.45, 7) is -0.590. The summed E-state index contributed by atoms with van der Waals surface area (Å²) >= 11 is 5.70. The van der Waals surface area contributed by atoms with Gasteiger partial charge in [0, 0.05) is 5.02 Å². The Balaban J connectivity index is 2.07.